The molecule has 0 amide bonds. The summed E-state index contributed by atoms with van der Waals surface area (Å²) in [5, 5.41) is 2.92. The highest BCUT2D eigenvalue weighted by molar-refractivity contribution is 7.07. The predicted molar refractivity (Wildman–Crippen MR) is 119 cm³/mol. The molecule has 0 bridgehead atoms. The average molecular weight is 405 g/mol. The molecule has 4 rings (SSSR count). The van der Waals surface area contributed by atoms with Crippen LogP contribution in [-0.2, 0) is 13.0 Å². The molecule has 2 nitrogen and oxygen atoms in total. The molecule has 0 aliphatic carbocycles. The highest BCUT2D eigenvalue weighted by atomic mass is 35.5. The predicted octanol–water partition coefficient (Wildman–Crippen LogP) is 6.65. The molecule has 4 heteroatoms. The first-order valence-corrected chi connectivity index (χ1v) is 10.6. The van der Waals surface area contributed by atoms with Crippen molar-refractivity contribution in [2.45, 2.75) is 19.9 Å². The van der Waals surface area contributed by atoms with Crippen LogP contribution in [0.1, 0.15) is 11.1 Å². The number of nitrogens with zero attached hydrogens (tertiary/aromatic N) is 2. The van der Waals surface area contributed by atoms with Crippen molar-refractivity contribution in [2.24, 2.45) is 4.99 Å². The maximum absolute atomic E-state index is 6.50. The lowest BCUT2D eigenvalue weighted by atomic mass is 10.1. The molecule has 0 aliphatic rings. The van der Waals surface area contributed by atoms with Crippen molar-refractivity contribution in [1.82, 2.24) is 4.57 Å². The number of aromatic nitrogens is 1. The number of rotatable bonds is 5. The van der Waals surface area contributed by atoms with Crippen molar-refractivity contribution in [3.8, 4) is 11.3 Å². The number of hydrogen-bond donors (Lipinski definition) is 0. The largest absolute Gasteiger partial charge is 0.316 e. The van der Waals surface area contributed by atoms with Crippen LogP contribution in [0.4, 0.5) is 5.69 Å². The Morgan fingerprint density at radius 3 is 2.39 bits per heavy atom. The first-order valence-electron chi connectivity index (χ1n) is 9.30. The minimum atomic E-state index is 0.760. The topological polar surface area (TPSA) is 17.3 Å². The van der Waals surface area contributed by atoms with Crippen LogP contribution in [0.2, 0.25) is 5.02 Å². The van der Waals surface area contributed by atoms with Gasteiger partial charge in [-0.3, -0.25) is 0 Å². The van der Waals surface area contributed by atoms with Gasteiger partial charge in [0.05, 0.1) is 11.4 Å². The summed E-state index contributed by atoms with van der Waals surface area (Å²) < 4.78 is 2.28. The van der Waals surface area contributed by atoms with E-state index in [9.17, 15) is 0 Å². The normalized spacial score (nSPS) is 11.7. The molecule has 0 unspecified atom stereocenters. The third-order valence-corrected chi connectivity index (χ3v) is 5.94. The van der Waals surface area contributed by atoms with Gasteiger partial charge in [-0.05, 0) is 36.6 Å². The second-order valence-electron chi connectivity index (χ2n) is 6.67. The molecule has 28 heavy (non-hydrogen) atoms. The van der Waals surface area contributed by atoms with Gasteiger partial charge >= 0.3 is 0 Å². The number of aryl methyl sites for hydroxylation is 2. The first kappa shape index (κ1) is 18.7. The molecule has 0 spiro atoms. The van der Waals surface area contributed by atoms with Gasteiger partial charge in [0.1, 0.15) is 0 Å². The van der Waals surface area contributed by atoms with E-state index >= 15 is 0 Å². The Bertz CT molecular complexity index is 1140. The molecular weight excluding hydrogens is 384 g/mol. The van der Waals surface area contributed by atoms with Crippen molar-refractivity contribution >= 4 is 28.6 Å². The van der Waals surface area contributed by atoms with Crippen LogP contribution >= 0.6 is 22.9 Å². The molecule has 0 saturated carbocycles. The van der Waals surface area contributed by atoms with E-state index in [0.29, 0.717) is 0 Å². The van der Waals surface area contributed by atoms with Crippen molar-refractivity contribution in [3.05, 3.63) is 105 Å². The molecule has 0 fully saturated rings. The van der Waals surface area contributed by atoms with Crippen LogP contribution in [0.25, 0.3) is 11.3 Å². The van der Waals surface area contributed by atoms with Crippen LogP contribution in [0.15, 0.2) is 89.2 Å². The van der Waals surface area contributed by atoms with Gasteiger partial charge in [0.25, 0.3) is 0 Å². The summed E-state index contributed by atoms with van der Waals surface area (Å²) in [5.74, 6) is 0. The summed E-state index contributed by atoms with van der Waals surface area (Å²) in [6.45, 7) is 2.94. The van der Waals surface area contributed by atoms with Crippen LogP contribution in [-0.4, -0.2) is 4.57 Å². The smallest absolute Gasteiger partial charge is 0.190 e. The second kappa shape index (κ2) is 8.59. The Hall–Kier alpha value is -2.62. The number of hydrogen-bond acceptors (Lipinski definition) is 2. The quantitative estimate of drug-likeness (QED) is 0.354. The van der Waals surface area contributed by atoms with E-state index < -0.39 is 0 Å². The van der Waals surface area contributed by atoms with Gasteiger partial charge in [-0.15, -0.1) is 11.3 Å². The SMILES string of the molecule is Cc1ccccc1N=c1scc(-c2ccccc2Cl)n1CCc1ccccc1. The molecule has 0 N–H and O–H groups in total. The van der Waals surface area contributed by atoms with Gasteiger partial charge in [0, 0.05) is 22.5 Å². The van der Waals surface area contributed by atoms with E-state index in [1.54, 1.807) is 11.3 Å². The van der Waals surface area contributed by atoms with Gasteiger partial charge in [0.2, 0.25) is 0 Å². The van der Waals surface area contributed by atoms with E-state index in [2.05, 4.69) is 65.4 Å². The summed E-state index contributed by atoms with van der Waals surface area (Å²) >= 11 is 8.16. The monoisotopic (exact) mass is 404 g/mol. The fraction of sp³-hybridized carbons (Fsp3) is 0.125. The molecule has 1 aromatic heterocycles. The zero-order chi connectivity index (χ0) is 19.3. The first-order chi connectivity index (χ1) is 13.7. The molecular formula is C24H21ClN2S. The lowest BCUT2D eigenvalue weighted by molar-refractivity contribution is 0.684. The fourth-order valence-corrected chi connectivity index (χ4v) is 4.37. The summed E-state index contributed by atoms with van der Waals surface area (Å²) in [4.78, 5) is 5.95. The van der Waals surface area contributed by atoms with Crippen LogP contribution in [0.3, 0.4) is 0 Å². The number of halogens is 1. The minimum absolute atomic E-state index is 0.760. The molecule has 0 atom stereocenters. The number of para-hydroxylation sites is 1. The summed E-state index contributed by atoms with van der Waals surface area (Å²) in [7, 11) is 0. The van der Waals surface area contributed by atoms with Gasteiger partial charge < -0.3 is 4.57 Å². The fourth-order valence-electron chi connectivity index (χ4n) is 3.20. The Labute approximate surface area is 174 Å². The Balaban J connectivity index is 1.80. The maximum atomic E-state index is 6.50. The molecule has 1 heterocycles. The van der Waals surface area contributed by atoms with Crippen LogP contribution < -0.4 is 4.80 Å². The highest BCUT2D eigenvalue weighted by Crippen LogP contribution is 2.28. The maximum Gasteiger partial charge on any atom is 0.190 e. The van der Waals surface area contributed by atoms with Crippen molar-refractivity contribution in [2.75, 3.05) is 0 Å². The minimum Gasteiger partial charge on any atom is -0.316 e. The van der Waals surface area contributed by atoms with Crippen LogP contribution in [0.5, 0.6) is 0 Å². The van der Waals surface area contributed by atoms with E-state index in [-0.39, 0.29) is 0 Å². The molecule has 4 aromatic rings. The Morgan fingerprint density at radius 1 is 0.893 bits per heavy atom. The lowest BCUT2D eigenvalue weighted by Crippen LogP contribution is -2.17. The zero-order valence-electron chi connectivity index (χ0n) is 15.7. The third kappa shape index (κ3) is 4.11. The molecule has 140 valence electrons. The van der Waals surface area contributed by atoms with E-state index in [1.165, 1.54) is 11.1 Å². The average Bonchev–Trinajstić information content (AvgIpc) is 3.11. The Morgan fingerprint density at radius 2 is 1.61 bits per heavy atom. The third-order valence-electron chi connectivity index (χ3n) is 4.75. The van der Waals surface area contributed by atoms with E-state index in [1.807, 2.05) is 30.3 Å². The Kier molecular flexibility index (Phi) is 5.75. The molecule has 3 aromatic carbocycles. The molecule has 0 radical (unpaired) electrons. The van der Waals surface area contributed by atoms with Crippen molar-refractivity contribution < 1.29 is 0 Å². The lowest BCUT2D eigenvalue weighted by Gasteiger charge is -2.11. The number of benzene rings is 3. The van der Waals surface area contributed by atoms with Gasteiger partial charge in [-0.1, -0.05) is 78.3 Å². The summed E-state index contributed by atoms with van der Waals surface area (Å²) in [6.07, 6.45) is 0.940. The van der Waals surface area contributed by atoms with E-state index in [0.717, 1.165) is 39.7 Å². The van der Waals surface area contributed by atoms with Gasteiger partial charge in [-0.2, -0.15) is 0 Å². The summed E-state index contributed by atoms with van der Waals surface area (Å²) in [6, 6.07) is 26.8. The highest BCUT2D eigenvalue weighted by Gasteiger charge is 2.11. The van der Waals surface area contributed by atoms with E-state index in [4.69, 9.17) is 16.6 Å². The molecule has 0 aliphatic heterocycles. The standard InChI is InChI=1S/C24H21ClN2S/c1-18-9-5-8-14-22(18)26-24-27(16-15-19-10-3-2-4-11-19)23(17-28-24)20-12-6-7-13-21(20)25/h2-14,17H,15-16H2,1H3. The van der Waals surface area contributed by atoms with Crippen molar-refractivity contribution in [1.29, 1.82) is 0 Å². The second-order valence-corrected chi connectivity index (χ2v) is 7.91. The van der Waals surface area contributed by atoms with Gasteiger partial charge in [-0.25, -0.2) is 4.99 Å². The summed E-state index contributed by atoms with van der Waals surface area (Å²) in [5.41, 5.74) is 5.64. The van der Waals surface area contributed by atoms with Crippen molar-refractivity contribution in [3.63, 3.8) is 0 Å². The molecule has 0 saturated heterocycles. The number of thiazole rings is 1. The van der Waals surface area contributed by atoms with Crippen LogP contribution in [0, 0.1) is 6.92 Å². The van der Waals surface area contributed by atoms with Gasteiger partial charge in [0.15, 0.2) is 4.80 Å². The zero-order valence-corrected chi connectivity index (χ0v) is 17.3.